The second-order valence-corrected chi connectivity index (χ2v) is 5.60. The summed E-state index contributed by atoms with van der Waals surface area (Å²) < 4.78 is 0. The third-order valence-corrected chi connectivity index (χ3v) is 3.76. The van der Waals surface area contributed by atoms with E-state index in [-0.39, 0.29) is 23.1 Å². The van der Waals surface area contributed by atoms with E-state index in [1.807, 2.05) is 6.92 Å². The van der Waals surface area contributed by atoms with Crippen molar-refractivity contribution in [2.75, 3.05) is 5.32 Å². The first-order valence-corrected chi connectivity index (χ1v) is 7.36. The predicted molar refractivity (Wildman–Crippen MR) is 77.6 cm³/mol. The number of carbonyl (C=O) groups is 2. The Morgan fingerprint density at radius 3 is 2.90 bits per heavy atom. The molecule has 2 rings (SSSR count). The molecule has 2 aromatic heterocycles. The summed E-state index contributed by atoms with van der Waals surface area (Å²) in [4.78, 5) is 34.6. The molecule has 1 amide bonds. The minimum absolute atomic E-state index is 0.0741. The van der Waals surface area contributed by atoms with Crippen LogP contribution in [0.4, 0.5) is 5.13 Å². The molecule has 0 aliphatic carbocycles. The summed E-state index contributed by atoms with van der Waals surface area (Å²) in [5, 5.41) is 19.5. The summed E-state index contributed by atoms with van der Waals surface area (Å²) in [6.45, 7) is 1.93. The Morgan fingerprint density at radius 1 is 1.48 bits per heavy atom. The Balaban J connectivity index is 2.08. The minimum Gasteiger partial charge on any atom is -0.476 e. The van der Waals surface area contributed by atoms with Gasteiger partial charge in [0.15, 0.2) is 11.7 Å². The van der Waals surface area contributed by atoms with Crippen LogP contribution in [0.25, 0.3) is 0 Å². The maximum Gasteiger partial charge on any atom is 0.360 e. The van der Waals surface area contributed by atoms with E-state index < -0.39 is 5.97 Å². The number of oxime groups is 1. The number of amides is 1. The molecular formula is C11H10N4O4S2. The average molecular weight is 326 g/mol. The van der Waals surface area contributed by atoms with Crippen molar-refractivity contribution in [1.82, 2.24) is 9.97 Å². The van der Waals surface area contributed by atoms with Gasteiger partial charge in [0.05, 0.1) is 10.7 Å². The molecule has 0 unspecified atom stereocenters. The lowest BCUT2D eigenvalue weighted by atomic mass is 10.3. The molecule has 0 saturated heterocycles. The van der Waals surface area contributed by atoms with Crippen LogP contribution in [0.3, 0.4) is 0 Å². The van der Waals surface area contributed by atoms with Crippen molar-refractivity contribution in [3.63, 3.8) is 0 Å². The number of carboxylic acids is 1. The maximum atomic E-state index is 11.2. The fraction of sp³-hybridized carbons (Fsp3) is 0.182. The zero-order valence-electron chi connectivity index (χ0n) is 10.8. The Labute approximate surface area is 127 Å². The summed E-state index contributed by atoms with van der Waals surface area (Å²) in [6, 6.07) is 0. The molecule has 0 aliphatic heterocycles. The highest BCUT2D eigenvalue weighted by atomic mass is 32.1. The number of nitrogens with zero attached hydrogens (tertiary/aromatic N) is 3. The lowest BCUT2D eigenvalue weighted by molar-refractivity contribution is -0.129. The Kier molecular flexibility index (Phi) is 4.95. The molecule has 0 radical (unpaired) electrons. The number of aryl methyl sites for hydroxylation is 1. The number of nitrogens with one attached hydrogen (secondary N) is 1. The number of hydrogen-bond donors (Lipinski definition) is 2. The molecule has 0 bridgehead atoms. The Morgan fingerprint density at radius 2 is 2.29 bits per heavy atom. The van der Waals surface area contributed by atoms with Crippen molar-refractivity contribution in [3.05, 3.63) is 27.2 Å². The number of aliphatic carboxylic acids is 1. The summed E-state index contributed by atoms with van der Waals surface area (Å²) in [5.74, 6) is -1.27. The molecule has 110 valence electrons. The van der Waals surface area contributed by atoms with Gasteiger partial charge in [0, 0.05) is 10.8 Å². The summed E-state index contributed by atoms with van der Waals surface area (Å²) in [7, 11) is 0. The van der Waals surface area contributed by atoms with Crippen LogP contribution in [-0.4, -0.2) is 33.2 Å². The van der Waals surface area contributed by atoms with Gasteiger partial charge in [-0.05, 0) is 6.92 Å². The SMILES string of the molecule is Cc1nc(CO/N=C(/C(=O)O)c2csc(NC=O)n2)cs1. The van der Waals surface area contributed by atoms with Gasteiger partial charge in [-0.1, -0.05) is 5.16 Å². The van der Waals surface area contributed by atoms with Gasteiger partial charge in [0.2, 0.25) is 12.1 Å². The predicted octanol–water partition coefficient (Wildman–Crippen LogP) is 1.48. The zero-order valence-corrected chi connectivity index (χ0v) is 12.4. The van der Waals surface area contributed by atoms with E-state index in [9.17, 15) is 9.59 Å². The maximum absolute atomic E-state index is 11.2. The number of hydrogen-bond acceptors (Lipinski definition) is 8. The smallest absolute Gasteiger partial charge is 0.360 e. The highest BCUT2D eigenvalue weighted by Crippen LogP contribution is 2.16. The third kappa shape index (κ3) is 4.07. The lowest BCUT2D eigenvalue weighted by Crippen LogP contribution is -2.15. The molecular weight excluding hydrogens is 316 g/mol. The van der Waals surface area contributed by atoms with E-state index in [4.69, 9.17) is 9.94 Å². The van der Waals surface area contributed by atoms with Crippen LogP contribution >= 0.6 is 22.7 Å². The molecule has 2 heterocycles. The highest BCUT2D eigenvalue weighted by molar-refractivity contribution is 7.14. The van der Waals surface area contributed by atoms with Crippen molar-refractivity contribution in [2.45, 2.75) is 13.5 Å². The van der Waals surface area contributed by atoms with Crippen LogP contribution in [0.5, 0.6) is 0 Å². The topological polar surface area (TPSA) is 114 Å². The molecule has 21 heavy (non-hydrogen) atoms. The van der Waals surface area contributed by atoms with Crippen molar-refractivity contribution in [1.29, 1.82) is 0 Å². The Bertz CT molecular complexity index is 679. The van der Waals surface area contributed by atoms with Gasteiger partial charge in [-0.2, -0.15) is 0 Å². The largest absolute Gasteiger partial charge is 0.476 e. The van der Waals surface area contributed by atoms with Crippen molar-refractivity contribution >= 4 is 45.9 Å². The third-order valence-electron chi connectivity index (χ3n) is 2.17. The zero-order chi connectivity index (χ0) is 15.2. The van der Waals surface area contributed by atoms with E-state index in [1.54, 1.807) is 5.38 Å². The standard InChI is InChI=1S/C11H10N4O4S2/c1-6-13-7(3-20-6)2-19-15-9(10(17)18)8-4-21-11(14-8)12-5-16/h3-5H,2H2,1H3,(H,17,18)(H,12,14,16)/b15-9+. The first kappa shape index (κ1) is 15.1. The van der Waals surface area contributed by atoms with Crippen LogP contribution in [0.15, 0.2) is 15.9 Å². The summed E-state index contributed by atoms with van der Waals surface area (Å²) in [5.41, 5.74) is 0.455. The van der Waals surface area contributed by atoms with Crippen LogP contribution in [0.1, 0.15) is 16.4 Å². The number of thiazole rings is 2. The van der Waals surface area contributed by atoms with Crippen molar-refractivity contribution in [3.8, 4) is 0 Å². The lowest BCUT2D eigenvalue weighted by Gasteiger charge is -1.99. The number of aromatic nitrogens is 2. The normalized spacial score (nSPS) is 11.2. The molecule has 10 heteroatoms. The van der Waals surface area contributed by atoms with E-state index in [0.717, 1.165) is 16.3 Å². The van der Waals surface area contributed by atoms with Crippen LogP contribution in [0, 0.1) is 6.92 Å². The highest BCUT2D eigenvalue weighted by Gasteiger charge is 2.17. The van der Waals surface area contributed by atoms with Crippen LogP contribution < -0.4 is 5.32 Å². The van der Waals surface area contributed by atoms with Crippen molar-refractivity contribution in [2.24, 2.45) is 5.16 Å². The molecule has 0 saturated carbocycles. The first-order valence-electron chi connectivity index (χ1n) is 5.60. The molecule has 2 N–H and O–H groups in total. The second kappa shape index (κ2) is 6.90. The van der Waals surface area contributed by atoms with Gasteiger partial charge < -0.3 is 15.3 Å². The van der Waals surface area contributed by atoms with Crippen molar-refractivity contribution < 1.29 is 19.5 Å². The van der Waals surface area contributed by atoms with Gasteiger partial charge in [0.25, 0.3) is 0 Å². The number of rotatable bonds is 7. The fourth-order valence-corrected chi connectivity index (χ4v) is 2.58. The van der Waals surface area contributed by atoms with E-state index in [2.05, 4.69) is 20.4 Å². The first-order chi connectivity index (χ1) is 10.1. The van der Waals surface area contributed by atoms with Crippen LogP contribution in [-0.2, 0) is 21.0 Å². The number of carboxylic acid groups (broad SMARTS) is 1. The average Bonchev–Trinajstić information content (AvgIpc) is 3.04. The van der Waals surface area contributed by atoms with Crippen LogP contribution in [0.2, 0.25) is 0 Å². The number of anilines is 1. The Hall–Kier alpha value is -2.33. The van der Waals surface area contributed by atoms with E-state index in [0.29, 0.717) is 12.1 Å². The molecule has 0 aliphatic rings. The quantitative estimate of drug-likeness (QED) is 0.452. The van der Waals surface area contributed by atoms with Gasteiger partial charge in [0.1, 0.15) is 5.69 Å². The van der Waals surface area contributed by atoms with E-state index in [1.165, 1.54) is 16.7 Å². The van der Waals surface area contributed by atoms with E-state index >= 15 is 0 Å². The molecule has 0 spiro atoms. The summed E-state index contributed by atoms with van der Waals surface area (Å²) >= 11 is 2.56. The minimum atomic E-state index is -1.27. The summed E-state index contributed by atoms with van der Waals surface area (Å²) in [6.07, 6.45) is 0.460. The van der Waals surface area contributed by atoms with Gasteiger partial charge in [-0.3, -0.25) is 4.79 Å². The van der Waals surface area contributed by atoms with Gasteiger partial charge in [-0.15, -0.1) is 22.7 Å². The fourth-order valence-electron chi connectivity index (χ4n) is 1.33. The molecule has 0 aromatic carbocycles. The van der Waals surface area contributed by atoms with Gasteiger partial charge in [-0.25, -0.2) is 14.8 Å². The monoisotopic (exact) mass is 326 g/mol. The molecule has 2 aromatic rings. The number of carbonyl (C=O) groups excluding carboxylic acids is 1. The van der Waals surface area contributed by atoms with Gasteiger partial charge >= 0.3 is 5.97 Å². The molecule has 8 nitrogen and oxygen atoms in total. The molecule has 0 atom stereocenters. The second-order valence-electron chi connectivity index (χ2n) is 3.68. The molecule has 0 fully saturated rings.